The number of hydrogen-bond acceptors (Lipinski definition) is 3. The summed E-state index contributed by atoms with van der Waals surface area (Å²) in [5, 5.41) is 0. The summed E-state index contributed by atoms with van der Waals surface area (Å²) in [6, 6.07) is 0. The zero-order valence-corrected chi connectivity index (χ0v) is 15.1. The molecule has 0 amide bonds. The molecule has 1 rings (SSSR count). The first kappa shape index (κ1) is 18.3. The summed E-state index contributed by atoms with van der Waals surface area (Å²) in [7, 11) is 4.39. The number of hydrogen-bond donors (Lipinski definition) is 1. The van der Waals surface area contributed by atoms with Crippen LogP contribution < -0.4 is 0 Å². The molecular weight excluding hydrogens is 264 g/mol. The van der Waals surface area contributed by atoms with Crippen molar-refractivity contribution >= 4 is 12.6 Å². The molecule has 0 aromatic heterocycles. The van der Waals surface area contributed by atoms with Crippen molar-refractivity contribution in [3.05, 3.63) is 0 Å². The molecule has 1 saturated heterocycles. The molecule has 0 aliphatic carbocycles. The molecule has 0 N–H and O–H groups in total. The minimum Gasteiger partial charge on any atom is -0.309 e. The maximum Gasteiger partial charge on any atom is 0.00458 e. The summed E-state index contributed by atoms with van der Waals surface area (Å²) in [6.07, 6.45) is 8.00. The summed E-state index contributed by atoms with van der Waals surface area (Å²) in [5.41, 5.74) is 0.459. The van der Waals surface area contributed by atoms with Gasteiger partial charge in [-0.25, -0.2) is 0 Å². The number of rotatable bonds is 9. The molecule has 0 atom stereocenters. The molecule has 0 spiro atoms. The highest BCUT2D eigenvalue weighted by atomic mass is 32.1. The van der Waals surface area contributed by atoms with Gasteiger partial charge in [0.1, 0.15) is 0 Å². The van der Waals surface area contributed by atoms with Gasteiger partial charge in [-0.05, 0) is 70.0 Å². The minimum absolute atomic E-state index is 0.459. The summed E-state index contributed by atoms with van der Waals surface area (Å²) >= 11 is 4.70. The first-order valence-corrected chi connectivity index (χ1v) is 9.16. The van der Waals surface area contributed by atoms with Crippen LogP contribution in [0.3, 0.4) is 0 Å². The second kappa shape index (κ2) is 9.32. The van der Waals surface area contributed by atoms with E-state index in [9.17, 15) is 0 Å². The SMILES string of the molecule is CCCC(CS)(CCC)CN1CCC(CN(C)C)CC1. The third kappa shape index (κ3) is 5.95. The lowest BCUT2D eigenvalue weighted by molar-refractivity contribution is 0.101. The average Bonchev–Trinajstić information content (AvgIpc) is 2.41. The molecule has 0 bridgehead atoms. The lowest BCUT2D eigenvalue weighted by Crippen LogP contribution is -2.44. The monoisotopic (exact) mass is 300 g/mol. The second-order valence-corrected chi connectivity index (χ2v) is 7.46. The van der Waals surface area contributed by atoms with Gasteiger partial charge >= 0.3 is 0 Å². The summed E-state index contributed by atoms with van der Waals surface area (Å²) in [6.45, 7) is 9.75. The van der Waals surface area contributed by atoms with Crippen molar-refractivity contribution in [2.24, 2.45) is 11.3 Å². The molecule has 120 valence electrons. The summed E-state index contributed by atoms with van der Waals surface area (Å²) in [5.74, 6) is 1.95. The minimum atomic E-state index is 0.459. The average molecular weight is 301 g/mol. The Balaban J connectivity index is 2.46. The van der Waals surface area contributed by atoms with Crippen LogP contribution >= 0.6 is 12.6 Å². The van der Waals surface area contributed by atoms with Gasteiger partial charge in [0.05, 0.1) is 0 Å². The van der Waals surface area contributed by atoms with E-state index < -0.39 is 0 Å². The highest BCUT2D eigenvalue weighted by Crippen LogP contribution is 2.33. The fourth-order valence-corrected chi connectivity index (χ4v) is 4.29. The Morgan fingerprint density at radius 3 is 2.05 bits per heavy atom. The van der Waals surface area contributed by atoms with Crippen LogP contribution in [-0.4, -0.2) is 55.8 Å². The molecule has 1 aliphatic rings. The van der Waals surface area contributed by atoms with Crippen molar-refractivity contribution in [1.82, 2.24) is 9.80 Å². The Morgan fingerprint density at radius 1 is 1.10 bits per heavy atom. The van der Waals surface area contributed by atoms with Crippen molar-refractivity contribution in [1.29, 1.82) is 0 Å². The van der Waals surface area contributed by atoms with E-state index in [-0.39, 0.29) is 0 Å². The van der Waals surface area contributed by atoms with Gasteiger partial charge in [0, 0.05) is 13.1 Å². The fraction of sp³-hybridized carbons (Fsp3) is 1.00. The van der Waals surface area contributed by atoms with Crippen molar-refractivity contribution in [3.8, 4) is 0 Å². The van der Waals surface area contributed by atoms with Crippen LogP contribution in [0.1, 0.15) is 52.4 Å². The molecule has 20 heavy (non-hydrogen) atoms. The molecule has 0 aromatic carbocycles. The molecular formula is C17H36N2S. The molecule has 1 fully saturated rings. The molecule has 0 unspecified atom stereocenters. The number of nitrogens with zero attached hydrogens (tertiary/aromatic N) is 2. The molecule has 0 aromatic rings. The zero-order chi connectivity index (χ0) is 15.0. The van der Waals surface area contributed by atoms with Crippen LogP contribution in [0.25, 0.3) is 0 Å². The number of thiol groups is 1. The van der Waals surface area contributed by atoms with Gasteiger partial charge in [-0.2, -0.15) is 12.6 Å². The van der Waals surface area contributed by atoms with Crippen LogP contribution in [0.4, 0.5) is 0 Å². The van der Waals surface area contributed by atoms with Gasteiger partial charge < -0.3 is 9.80 Å². The van der Waals surface area contributed by atoms with Crippen molar-refractivity contribution < 1.29 is 0 Å². The van der Waals surface area contributed by atoms with Crippen molar-refractivity contribution in [2.45, 2.75) is 52.4 Å². The van der Waals surface area contributed by atoms with E-state index in [1.165, 1.54) is 64.7 Å². The molecule has 1 aliphatic heterocycles. The lowest BCUT2D eigenvalue weighted by Gasteiger charge is -2.41. The Morgan fingerprint density at radius 2 is 1.65 bits per heavy atom. The third-order valence-corrected chi connectivity index (χ3v) is 5.46. The Hall–Kier alpha value is 0.270. The van der Waals surface area contributed by atoms with Crippen LogP contribution in [-0.2, 0) is 0 Å². The first-order chi connectivity index (χ1) is 9.55. The maximum atomic E-state index is 4.70. The summed E-state index contributed by atoms with van der Waals surface area (Å²) in [4.78, 5) is 5.06. The highest BCUT2D eigenvalue weighted by molar-refractivity contribution is 7.80. The van der Waals surface area contributed by atoms with Crippen LogP contribution in [0.2, 0.25) is 0 Å². The molecule has 2 nitrogen and oxygen atoms in total. The topological polar surface area (TPSA) is 6.48 Å². The van der Waals surface area contributed by atoms with Gasteiger partial charge in [-0.3, -0.25) is 0 Å². The van der Waals surface area contributed by atoms with Crippen LogP contribution in [0.15, 0.2) is 0 Å². The molecule has 3 heteroatoms. The van der Waals surface area contributed by atoms with Crippen LogP contribution in [0.5, 0.6) is 0 Å². The first-order valence-electron chi connectivity index (χ1n) is 8.53. The van der Waals surface area contributed by atoms with E-state index in [2.05, 4.69) is 37.7 Å². The fourth-order valence-electron chi connectivity index (χ4n) is 3.87. The molecule has 0 saturated carbocycles. The predicted octanol–water partition coefficient (Wildman–Crippen LogP) is 3.78. The van der Waals surface area contributed by atoms with Gasteiger partial charge in [0.15, 0.2) is 0 Å². The van der Waals surface area contributed by atoms with E-state index >= 15 is 0 Å². The molecule has 0 radical (unpaired) electrons. The molecule has 1 heterocycles. The normalized spacial score (nSPS) is 18.9. The van der Waals surface area contributed by atoms with E-state index in [1.54, 1.807) is 0 Å². The Kier molecular flexibility index (Phi) is 8.54. The maximum absolute atomic E-state index is 4.70. The largest absolute Gasteiger partial charge is 0.309 e. The van der Waals surface area contributed by atoms with Crippen molar-refractivity contribution in [2.75, 3.05) is 46.0 Å². The third-order valence-electron chi connectivity index (χ3n) is 4.79. The van der Waals surface area contributed by atoms with E-state index in [1.807, 2.05) is 0 Å². The van der Waals surface area contributed by atoms with Crippen LogP contribution in [0, 0.1) is 11.3 Å². The van der Waals surface area contributed by atoms with Gasteiger partial charge in [-0.15, -0.1) is 0 Å². The van der Waals surface area contributed by atoms with Gasteiger partial charge in [0.25, 0.3) is 0 Å². The highest BCUT2D eigenvalue weighted by Gasteiger charge is 2.31. The Labute approximate surface area is 132 Å². The van der Waals surface area contributed by atoms with Gasteiger partial charge in [-0.1, -0.05) is 26.7 Å². The van der Waals surface area contributed by atoms with Crippen molar-refractivity contribution in [3.63, 3.8) is 0 Å². The predicted molar refractivity (Wildman–Crippen MR) is 93.8 cm³/mol. The van der Waals surface area contributed by atoms with E-state index in [0.717, 1.165) is 11.7 Å². The lowest BCUT2D eigenvalue weighted by atomic mass is 9.80. The Bertz CT molecular complexity index is 241. The second-order valence-electron chi connectivity index (χ2n) is 7.14. The standard InChI is InChI=1S/C17H36N2S/c1-5-9-17(15-20,10-6-2)14-19-11-7-16(8-12-19)13-18(3)4/h16,20H,5-15H2,1-4H3. The quantitative estimate of drug-likeness (QED) is 0.648. The number of likely N-dealkylation sites (tertiary alicyclic amines) is 1. The van der Waals surface area contributed by atoms with E-state index in [4.69, 9.17) is 12.6 Å². The zero-order valence-electron chi connectivity index (χ0n) is 14.2. The smallest absolute Gasteiger partial charge is 0.00458 e. The van der Waals surface area contributed by atoms with E-state index in [0.29, 0.717) is 5.41 Å². The summed E-state index contributed by atoms with van der Waals surface area (Å²) < 4.78 is 0. The number of piperidine rings is 1. The van der Waals surface area contributed by atoms with Gasteiger partial charge in [0.2, 0.25) is 0 Å².